The molecule has 21 heavy (non-hydrogen) atoms. The molecule has 112 valence electrons. The van der Waals surface area contributed by atoms with E-state index in [2.05, 4.69) is 11.9 Å². The van der Waals surface area contributed by atoms with Crippen molar-refractivity contribution >= 4 is 0 Å². The number of para-hydroxylation sites is 2. The molecular weight excluding hydrogens is 264 g/mol. The molecule has 1 atom stereocenters. The van der Waals surface area contributed by atoms with Crippen LogP contribution in [-0.4, -0.2) is 17.6 Å². The largest absolute Gasteiger partial charge is 0.490 e. The molecule has 4 nitrogen and oxygen atoms in total. The van der Waals surface area contributed by atoms with E-state index < -0.39 is 0 Å². The highest BCUT2D eigenvalue weighted by molar-refractivity contribution is 5.42. The minimum absolute atomic E-state index is 0.151. The molecule has 1 aromatic carbocycles. The lowest BCUT2D eigenvalue weighted by Gasteiger charge is -2.12. The first-order valence-electron chi connectivity index (χ1n) is 7.32. The van der Waals surface area contributed by atoms with Crippen LogP contribution in [0.2, 0.25) is 0 Å². The zero-order valence-corrected chi connectivity index (χ0v) is 12.6. The minimum atomic E-state index is 0.151. The zero-order valence-electron chi connectivity index (χ0n) is 12.6. The van der Waals surface area contributed by atoms with Crippen molar-refractivity contribution in [3.8, 4) is 17.2 Å². The van der Waals surface area contributed by atoms with Gasteiger partial charge in [-0.15, -0.1) is 0 Å². The van der Waals surface area contributed by atoms with Crippen LogP contribution in [0.5, 0.6) is 17.2 Å². The van der Waals surface area contributed by atoms with E-state index in [0.29, 0.717) is 18.1 Å². The number of pyridine rings is 1. The Hall–Kier alpha value is -2.07. The Kier molecular flexibility index (Phi) is 5.58. The van der Waals surface area contributed by atoms with Crippen molar-refractivity contribution in [2.45, 2.75) is 32.7 Å². The molecule has 0 aliphatic heterocycles. The Morgan fingerprint density at radius 2 is 1.90 bits per heavy atom. The number of nitrogens with two attached hydrogens (primary N) is 1. The van der Waals surface area contributed by atoms with Gasteiger partial charge in [-0.3, -0.25) is 4.98 Å². The van der Waals surface area contributed by atoms with Crippen molar-refractivity contribution in [2.75, 3.05) is 6.61 Å². The van der Waals surface area contributed by atoms with Crippen LogP contribution in [0.4, 0.5) is 0 Å². The van der Waals surface area contributed by atoms with Crippen LogP contribution < -0.4 is 15.2 Å². The Bertz CT molecular complexity index is 572. The van der Waals surface area contributed by atoms with E-state index >= 15 is 0 Å². The molecule has 1 heterocycles. The highest BCUT2D eigenvalue weighted by atomic mass is 16.5. The topological polar surface area (TPSA) is 57.4 Å². The van der Waals surface area contributed by atoms with Crippen LogP contribution in [0.3, 0.4) is 0 Å². The molecule has 0 saturated carbocycles. The molecule has 2 rings (SSSR count). The van der Waals surface area contributed by atoms with Crippen molar-refractivity contribution in [2.24, 2.45) is 5.73 Å². The molecule has 4 heteroatoms. The average molecular weight is 286 g/mol. The first-order valence-corrected chi connectivity index (χ1v) is 7.32. The summed E-state index contributed by atoms with van der Waals surface area (Å²) in [6.07, 6.45) is 5.27. The highest BCUT2D eigenvalue weighted by Gasteiger charge is 2.07. The summed E-state index contributed by atoms with van der Waals surface area (Å²) in [4.78, 5) is 4.22. The second-order valence-electron chi connectivity index (χ2n) is 4.88. The monoisotopic (exact) mass is 286 g/mol. The highest BCUT2D eigenvalue weighted by Crippen LogP contribution is 2.31. The normalized spacial score (nSPS) is 12.0. The van der Waals surface area contributed by atoms with Crippen LogP contribution in [-0.2, 0) is 6.42 Å². The number of ether oxygens (including phenoxy) is 2. The van der Waals surface area contributed by atoms with E-state index in [1.807, 2.05) is 43.5 Å². The standard InChI is InChI=1S/C17H22N2O2/c1-3-14(18)9-13-10-15(12-19-11-13)21-17-8-6-5-7-16(17)20-4-2/h5-8,10-12,14H,3-4,9,18H2,1-2H3. The summed E-state index contributed by atoms with van der Waals surface area (Å²) in [7, 11) is 0. The minimum Gasteiger partial charge on any atom is -0.490 e. The Morgan fingerprint density at radius 1 is 1.14 bits per heavy atom. The van der Waals surface area contributed by atoms with Crippen molar-refractivity contribution in [3.63, 3.8) is 0 Å². The number of hydrogen-bond donors (Lipinski definition) is 1. The molecule has 0 saturated heterocycles. The van der Waals surface area contributed by atoms with Gasteiger partial charge in [0, 0.05) is 12.2 Å². The van der Waals surface area contributed by atoms with E-state index in [-0.39, 0.29) is 6.04 Å². The van der Waals surface area contributed by atoms with Gasteiger partial charge in [-0.2, -0.15) is 0 Å². The number of rotatable bonds is 7. The maximum absolute atomic E-state index is 5.98. The Labute approximate surface area is 125 Å². The molecule has 0 aliphatic rings. The average Bonchev–Trinajstić information content (AvgIpc) is 2.50. The van der Waals surface area contributed by atoms with Crippen molar-refractivity contribution in [1.29, 1.82) is 0 Å². The fourth-order valence-electron chi connectivity index (χ4n) is 2.01. The number of nitrogens with zero attached hydrogens (tertiary/aromatic N) is 1. The second-order valence-corrected chi connectivity index (χ2v) is 4.88. The lowest BCUT2D eigenvalue weighted by molar-refractivity contribution is 0.321. The van der Waals surface area contributed by atoms with E-state index in [0.717, 1.165) is 24.2 Å². The van der Waals surface area contributed by atoms with E-state index in [9.17, 15) is 0 Å². The maximum Gasteiger partial charge on any atom is 0.169 e. The number of hydrogen-bond acceptors (Lipinski definition) is 4. The first-order chi connectivity index (χ1) is 10.2. The third-order valence-corrected chi connectivity index (χ3v) is 3.17. The van der Waals surface area contributed by atoms with Gasteiger partial charge >= 0.3 is 0 Å². The van der Waals surface area contributed by atoms with Gasteiger partial charge in [0.05, 0.1) is 12.8 Å². The summed E-state index contributed by atoms with van der Waals surface area (Å²) in [5.41, 5.74) is 7.06. The Balaban J connectivity index is 2.14. The van der Waals surface area contributed by atoms with E-state index in [4.69, 9.17) is 15.2 Å². The zero-order chi connectivity index (χ0) is 15.1. The van der Waals surface area contributed by atoms with Crippen LogP contribution in [0.1, 0.15) is 25.8 Å². The molecule has 0 radical (unpaired) electrons. The fraction of sp³-hybridized carbons (Fsp3) is 0.353. The van der Waals surface area contributed by atoms with Crippen molar-refractivity contribution in [1.82, 2.24) is 4.98 Å². The summed E-state index contributed by atoms with van der Waals surface area (Å²) in [6, 6.07) is 9.75. The van der Waals surface area contributed by atoms with Gasteiger partial charge in [-0.05, 0) is 43.5 Å². The van der Waals surface area contributed by atoms with Crippen molar-refractivity contribution in [3.05, 3.63) is 48.3 Å². The number of aromatic nitrogens is 1. The molecule has 0 bridgehead atoms. The van der Waals surface area contributed by atoms with E-state index in [1.54, 1.807) is 6.20 Å². The lowest BCUT2D eigenvalue weighted by Crippen LogP contribution is -2.21. The SMILES string of the molecule is CCOc1ccccc1Oc1cncc(CC(N)CC)c1. The smallest absolute Gasteiger partial charge is 0.169 e. The predicted octanol–water partition coefficient (Wildman–Crippen LogP) is 3.55. The third kappa shape index (κ3) is 4.46. The van der Waals surface area contributed by atoms with Gasteiger partial charge < -0.3 is 15.2 Å². The molecule has 1 unspecified atom stereocenters. The molecule has 0 amide bonds. The molecular formula is C17H22N2O2. The van der Waals surface area contributed by atoms with Crippen LogP contribution in [0.25, 0.3) is 0 Å². The van der Waals surface area contributed by atoms with Crippen LogP contribution in [0, 0.1) is 0 Å². The van der Waals surface area contributed by atoms with Gasteiger partial charge in [0.15, 0.2) is 11.5 Å². The molecule has 1 aromatic heterocycles. The summed E-state index contributed by atoms with van der Waals surface area (Å²) in [6.45, 7) is 4.63. The first kappa shape index (κ1) is 15.3. The fourth-order valence-corrected chi connectivity index (χ4v) is 2.01. The van der Waals surface area contributed by atoms with Gasteiger partial charge in [0.2, 0.25) is 0 Å². The summed E-state index contributed by atoms with van der Waals surface area (Å²) in [5.74, 6) is 2.12. The third-order valence-electron chi connectivity index (χ3n) is 3.17. The molecule has 0 aliphatic carbocycles. The molecule has 2 N–H and O–H groups in total. The van der Waals surface area contributed by atoms with Gasteiger partial charge in [0.1, 0.15) is 5.75 Å². The van der Waals surface area contributed by atoms with Gasteiger partial charge in [-0.1, -0.05) is 19.1 Å². The lowest BCUT2D eigenvalue weighted by atomic mass is 10.1. The summed E-state index contributed by atoms with van der Waals surface area (Å²) < 4.78 is 11.4. The Morgan fingerprint density at radius 3 is 2.62 bits per heavy atom. The van der Waals surface area contributed by atoms with Crippen LogP contribution >= 0.6 is 0 Å². The van der Waals surface area contributed by atoms with Crippen molar-refractivity contribution < 1.29 is 9.47 Å². The predicted molar refractivity (Wildman–Crippen MR) is 83.9 cm³/mol. The van der Waals surface area contributed by atoms with E-state index in [1.165, 1.54) is 0 Å². The number of benzene rings is 1. The summed E-state index contributed by atoms with van der Waals surface area (Å²) >= 11 is 0. The maximum atomic E-state index is 5.98. The second kappa shape index (κ2) is 7.64. The quantitative estimate of drug-likeness (QED) is 0.845. The van der Waals surface area contributed by atoms with Gasteiger partial charge in [-0.25, -0.2) is 0 Å². The summed E-state index contributed by atoms with van der Waals surface area (Å²) in [5, 5.41) is 0. The molecule has 2 aromatic rings. The van der Waals surface area contributed by atoms with Gasteiger partial charge in [0.25, 0.3) is 0 Å². The molecule has 0 spiro atoms. The van der Waals surface area contributed by atoms with Crippen LogP contribution in [0.15, 0.2) is 42.7 Å². The molecule has 0 fully saturated rings.